The zero-order valence-electron chi connectivity index (χ0n) is 9.56. The second-order valence-electron chi connectivity index (χ2n) is 3.78. The van der Waals surface area contributed by atoms with Crippen molar-refractivity contribution in [3.63, 3.8) is 0 Å². The number of rotatable bonds is 3. The zero-order chi connectivity index (χ0) is 12.3. The summed E-state index contributed by atoms with van der Waals surface area (Å²) in [5, 5.41) is 0.594. The van der Waals surface area contributed by atoms with Gasteiger partial charge in [-0.3, -0.25) is 0 Å². The Morgan fingerprint density at radius 3 is 2.41 bits per heavy atom. The lowest BCUT2D eigenvalue weighted by Gasteiger charge is -2.14. The van der Waals surface area contributed by atoms with E-state index in [9.17, 15) is 0 Å². The number of hydrogen-bond donors (Lipinski definition) is 1. The highest BCUT2D eigenvalue weighted by Gasteiger charge is 2.10. The Kier molecular flexibility index (Phi) is 3.67. The van der Waals surface area contributed by atoms with Gasteiger partial charge in [0.1, 0.15) is 5.75 Å². The summed E-state index contributed by atoms with van der Waals surface area (Å²) in [6.45, 7) is 0. The molecule has 0 aliphatic rings. The predicted molar refractivity (Wildman–Crippen MR) is 70.5 cm³/mol. The third-order valence-corrected chi connectivity index (χ3v) is 3.01. The Balaban J connectivity index is 2.34. The van der Waals surface area contributed by atoms with E-state index in [2.05, 4.69) is 0 Å². The van der Waals surface area contributed by atoms with E-state index in [-0.39, 0.29) is 6.04 Å². The van der Waals surface area contributed by atoms with E-state index >= 15 is 0 Å². The van der Waals surface area contributed by atoms with Crippen LogP contribution in [-0.2, 0) is 0 Å². The van der Waals surface area contributed by atoms with Crippen molar-refractivity contribution < 1.29 is 4.74 Å². The molecule has 0 fully saturated rings. The van der Waals surface area contributed by atoms with Crippen molar-refractivity contribution in [2.24, 2.45) is 5.73 Å². The molecule has 2 N–H and O–H groups in total. The van der Waals surface area contributed by atoms with Gasteiger partial charge in [-0.05, 0) is 23.3 Å². The molecule has 0 amide bonds. The van der Waals surface area contributed by atoms with Gasteiger partial charge in [0.05, 0.1) is 18.2 Å². The van der Waals surface area contributed by atoms with E-state index in [0.717, 1.165) is 11.1 Å². The van der Waals surface area contributed by atoms with Crippen LogP contribution < -0.4 is 10.5 Å². The molecule has 0 saturated heterocycles. The number of methoxy groups -OCH3 is 1. The smallest absolute Gasteiger partial charge is 0.137 e. The van der Waals surface area contributed by atoms with Crippen LogP contribution in [0.5, 0.6) is 5.75 Å². The lowest BCUT2D eigenvalue weighted by atomic mass is 9.99. The fourth-order valence-corrected chi connectivity index (χ4v) is 1.92. The molecule has 88 valence electrons. The van der Waals surface area contributed by atoms with E-state index in [1.807, 2.05) is 42.5 Å². The van der Waals surface area contributed by atoms with Crippen molar-refractivity contribution in [3.8, 4) is 5.75 Å². The van der Waals surface area contributed by atoms with Crippen molar-refractivity contribution in [1.29, 1.82) is 0 Å². The van der Waals surface area contributed by atoms with Crippen LogP contribution in [0.3, 0.4) is 0 Å². The fraction of sp³-hybridized carbons (Fsp3) is 0.143. The summed E-state index contributed by atoms with van der Waals surface area (Å²) in [7, 11) is 1.60. The van der Waals surface area contributed by atoms with Gasteiger partial charge in [0.25, 0.3) is 0 Å². The molecule has 0 bridgehead atoms. The van der Waals surface area contributed by atoms with Gasteiger partial charge in [-0.2, -0.15) is 0 Å². The average Bonchev–Trinajstić information content (AvgIpc) is 2.39. The molecule has 0 spiro atoms. The van der Waals surface area contributed by atoms with Crippen molar-refractivity contribution in [3.05, 3.63) is 64.7 Å². The summed E-state index contributed by atoms with van der Waals surface area (Å²) in [6, 6.07) is 15.4. The molecule has 2 nitrogen and oxygen atoms in total. The maximum absolute atomic E-state index is 6.19. The number of halogens is 1. The van der Waals surface area contributed by atoms with Crippen LogP contribution in [0.1, 0.15) is 17.2 Å². The average molecular weight is 248 g/mol. The molecule has 0 aliphatic heterocycles. The van der Waals surface area contributed by atoms with E-state index in [0.29, 0.717) is 10.8 Å². The van der Waals surface area contributed by atoms with Gasteiger partial charge in [-0.1, -0.05) is 48.0 Å². The van der Waals surface area contributed by atoms with Crippen LogP contribution in [0.15, 0.2) is 48.5 Å². The molecule has 3 heteroatoms. The van der Waals surface area contributed by atoms with Crippen LogP contribution in [-0.4, -0.2) is 7.11 Å². The third-order valence-electron chi connectivity index (χ3n) is 2.69. The molecule has 0 radical (unpaired) electrons. The van der Waals surface area contributed by atoms with Crippen LogP contribution >= 0.6 is 11.6 Å². The minimum Gasteiger partial charge on any atom is -0.495 e. The van der Waals surface area contributed by atoms with Crippen LogP contribution in [0.4, 0.5) is 0 Å². The number of benzene rings is 2. The van der Waals surface area contributed by atoms with Gasteiger partial charge >= 0.3 is 0 Å². The van der Waals surface area contributed by atoms with Gasteiger partial charge < -0.3 is 10.5 Å². The van der Waals surface area contributed by atoms with Gasteiger partial charge in [-0.15, -0.1) is 0 Å². The molecule has 2 rings (SSSR count). The highest BCUT2D eigenvalue weighted by molar-refractivity contribution is 6.32. The molecule has 1 unspecified atom stereocenters. The highest BCUT2D eigenvalue weighted by atomic mass is 35.5. The van der Waals surface area contributed by atoms with Gasteiger partial charge in [0, 0.05) is 0 Å². The Bertz CT molecular complexity index is 499. The third kappa shape index (κ3) is 2.60. The highest BCUT2D eigenvalue weighted by Crippen LogP contribution is 2.29. The number of hydrogen-bond acceptors (Lipinski definition) is 2. The summed E-state index contributed by atoms with van der Waals surface area (Å²) in [5.41, 5.74) is 8.24. The monoisotopic (exact) mass is 247 g/mol. The first-order valence-electron chi connectivity index (χ1n) is 5.36. The Morgan fingerprint density at radius 2 is 1.76 bits per heavy atom. The van der Waals surface area contributed by atoms with Gasteiger partial charge in [0.2, 0.25) is 0 Å². The Labute approximate surface area is 106 Å². The predicted octanol–water partition coefficient (Wildman–Crippen LogP) is 3.40. The lowest BCUT2D eigenvalue weighted by molar-refractivity contribution is 0.414. The van der Waals surface area contributed by atoms with Gasteiger partial charge in [-0.25, -0.2) is 0 Å². The van der Waals surface area contributed by atoms with Crippen molar-refractivity contribution in [1.82, 2.24) is 0 Å². The summed E-state index contributed by atoms with van der Waals surface area (Å²) in [6.07, 6.45) is 0. The van der Waals surface area contributed by atoms with E-state index in [1.54, 1.807) is 13.2 Å². The minimum absolute atomic E-state index is 0.164. The standard InChI is InChI=1S/C14H14ClNO/c1-17-13-9-11(7-8-12(13)15)14(16)10-5-3-2-4-6-10/h2-9,14H,16H2,1H3. The Morgan fingerprint density at radius 1 is 1.06 bits per heavy atom. The summed E-state index contributed by atoms with van der Waals surface area (Å²) < 4.78 is 5.18. The topological polar surface area (TPSA) is 35.2 Å². The molecular weight excluding hydrogens is 234 g/mol. The van der Waals surface area contributed by atoms with Crippen LogP contribution in [0.25, 0.3) is 0 Å². The van der Waals surface area contributed by atoms with Crippen molar-refractivity contribution in [2.45, 2.75) is 6.04 Å². The molecule has 1 atom stereocenters. The summed E-state index contributed by atoms with van der Waals surface area (Å²) in [4.78, 5) is 0. The minimum atomic E-state index is -0.164. The maximum Gasteiger partial charge on any atom is 0.137 e. The number of nitrogens with two attached hydrogens (primary N) is 1. The molecular formula is C14H14ClNO. The molecule has 2 aromatic rings. The first-order chi connectivity index (χ1) is 8.22. The molecule has 17 heavy (non-hydrogen) atoms. The molecule has 0 heterocycles. The van der Waals surface area contributed by atoms with E-state index < -0.39 is 0 Å². The second-order valence-corrected chi connectivity index (χ2v) is 4.19. The first kappa shape index (κ1) is 12.0. The summed E-state index contributed by atoms with van der Waals surface area (Å²) >= 11 is 5.98. The SMILES string of the molecule is COc1cc(C(N)c2ccccc2)ccc1Cl. The molecule has 0 aromatic heterocycles. The lowest BCUT2D eigenvalue weighted by Crippen LogP contribution is -2.11. The normalized spacial score (nSPS) is 12.2. The molecule has 2 aromatic carbocycles. The fourth-order valence-electron chi connectivity index (χ4n) is 1.72. The summed E-state index contributed by atoms with van der Waals surface area (Å²) in [5.74, 6) is 0.649. The Hall–Kier alpha value is -1.51. The van der Waals surface area contributed by atoms with Gasteiger partial charge in [0.15, 0.2) is 0 Å². The van der Waals surface area contributed by atoms with E-state index in [1.165, 1.54) is 0 Å². The van der Waals surface area contributed by atoms with E-state index in [4.69, 9.17) is 22.1 Å². The zero-order valence-corrected chi connectivity index (χ0v) is 10.3. The molecule has 0 saturated carbocycles. The second kappa shape index (κ2) is 5.21. The van der Waals surface area contributed by atoms with Crippen molar-refractivity contribution >= 4 is 11.6 Å². The largest absolute Gasteiger partial charge is 0.495 e. The molecule has 0 aliphatic carbocycles. The first-order valence-corrected chi connectivity index (χ1v) is 5.74. The van der Waals surface area contributed by atoms with Crippen molar-refractivity contribution in [2.75, 3.05) is 7.11 Å². The quantitative estimate of drug-likeness (QED) is 0.902. The number of ether oxygens (including phenoxy) is 1. The van der Waals surface area contributed by atoms with Crippen LogP contribution in [0, 0.1) is 0 Å². The maximum atomic E-state index is 6.19. The van der Waals surface area contributed by atoms with Crippen LogP contribution in [0.2, 0.25) is 5.02 Å².